The van der Waals surface area contributed by atoms with Crippen molar-refractivity contribution in [2.45, 2.75) is 4.90 Å². The zero-order chi connectivity index (χ0) is 10.9. The Bertz CT molecular complexity index is 566. The second-order valence-corrected chi connectivity index (χ2v) is 5.19. The summed E-state index contributed by atoms with van der Waals surface area (Å²) in [5.74, 6) is 0.420. The van der Waals surface area contributed by atoms with Gasteiger partial charge in [-0.05, 0) is 0 Å². The highest BCUT2D eigenvalue weighted by Crippen LogP contribution is 2.14. The van der Waals surface area contributed by atoms with Gasteiger partial charge in [0.25, 0.3) is 9.05 Å². The summed E-state index contributed by atoms with van der Waals surface area (Å²) >= 11 is 0. The minimum Gasteiger partial charge on any atom is -0.259 e. The van der Waals surface area contributed by atoms with Gasteiger partial charge in [-0.15, -0.1) is 0 Å². The van der Waals surface area contributed by atoms with E-state index in [2.05, 4.69) is 15.1 Å². The van der Waals surface area contributed by atoms with Gasteiger partial charge in [0.05, 0.1) is 18.6 Å². The van der Waals surface area contributed by atoms with Gasteiger partial charge in [0, 0.05) is 23.1 Å². The fourth-order valence-electron chi connectivity index (χ4n) is 0.967. The molecule has 6 nitrogen and oxygen atoms in total. The molecule has 0 spiro atoms. The molecule has 15 heavy (non-hydrogen) atoms. The first-order valence-electron chi connectivity index (χ1n) is 3.83. The average molecular weight is 245 g/mol. The van der Waals surface area contributed by atoms with Gasteiger partial charge in [0.2, 0.25) is 0 Å². The predicted octanol–water partition coefficient (Wildman–Crippen LogP) is 0.590. The van der Waals surface area contributed by atoms with Gasteiger partial charge in [-0.1, -0.05) is 0 Å². The lowest BCUT2D eigenvalue weighted by atomic mass is 10.6. The molecule has 0 aliphatic carbocycles. The highest BCUT2D eigenvalue weighted by Gasteiger charge is 2.13. The maximum atomic E-state index is 11.0. The van der Waals surface area contributed by atoms with Crippen molar-refractivity contribution < 1.29 is 8.42 Å². The topological polar surface area (TPSA) is 77.7 Å². The molecule has 0 aromatic carbocycles. The maximum absolute atomic E-state index is 11.0. The molecular formula is C7H5ClN4O2S. The number of rotatable bonds is 2. The first-order chi connectivity index (χ1) is 7.07. The van der Waals surface area contributed by atoms with Crippen molar-refractivity contribution in [3.63, 3.8) is 0 Å². The van der Waals surface area contributed by atoms with Crippen molar-refractivity contribution in [1.29, 1.82) is 0 Å². The lowest BCUT2D eigenvalue weighted by molar-refractivity contribution is 0.609. The Kier molecular flexibility index (Phi) is 2.41. The maximum Gasteiger partial charge on any atom is 0.264 e. The summed E-state index contributed by atoms with van der Waals surface area (Å²) in [4.78, 5) is 7.70. The lowest BCUT2D eigenvalue weighted by Gasteiger charge is -1.96. The van der Waals surface area contributed by atoms with Gasteiger partial charge in [0.15, 0.2) is 5.82 Å². The summed E-state index contributed by atoms with van der Waals surface area (Å²) in [6, 6.07) is 0. The Morgan fingerprint density at radius 3 is 2.60 bits per heavy atom. The first kappa shape index (κ1) is 10.1. The van der Waals surface area contributed by atoms with Crippen molar-refractivity contribution >= 4 is 19.7 Å². The third-order valence-corrected chi connectivity index (χ3v) is 2.93. The third kappa shape index (κ3) is 2.13. The minimum atomic E-state index is -3.75. The van der Waals surface area contributed by atoms with Crippen LogP contribution >= 0.6 is 10.7 Å². The summed E-state index contributed by atoms with van der Waals surface area (Å²) in [5, 5.41) is 3.80. The van der Waals surface area contributed by atoms with E-state index in [1.54, 1.807) is 0 Å². The molecule has 78 valence electrons. The summed E-state index contributed by atoms with van der Waals surface area (Å²) in [7, 11) is 1.39. The summed E-state index contributed by atoms with van der Waals surface area (Å²) in [6.45, 7) is 0. The summed E-state index contributed by atoms with van der Waals surface area (Å²) in [6.07, 6.45) is 6.86. The Labute approximate surface area is 90.0 Å². The van der Waals surface area contributed by atoms with E-state index < -0.39 is 9.05 Å². The van der Waals surface area contributed by atoms with Gasteiger partial charge < -0.3 is 0 Å². The van der Waals surface area contributed by atoms with Crippen LogP contribution in [0.15, 0.2) is 35.9 Å². The normalized spacial score (nSPS) is 11.5. The van der Waals surface area contributed by atoms with Gasteiger partial charge in [-0.25, -0.2) is 18.1 Å². The molecule has 0 saturated carbocycles. The van der Waals surface area contributed by atoms with Gasteiger partial charge in [-0.2, -0.15) is 5.10 Å². The average Bonchev–Trinajstić information content (AvgIpc) is 2.67. The van der Waals surface area contributed by atoms with Crippen LogP contribution in [0.3, 0.4) is 0 Å². The molecule has 0 aliphatic rings. The standard InChI is InChI=1S/C7H5ClN4O2S/c8-15(13,14)6-3-11-12(5-6)7-4-9-1-2-10-7/h1-5H. The molecule has 0 atom stereocenters. The quantitative estimate of drug-likeness (QED) is 0.723. The highest BCUT2D eigenvalue weighted by atomic mass is 35.7. The van der Waals surface area contributed by atoms with E-state index >= 15 is 0 Å². The number of hydrogen-bond donors (Lipinski definition) is 0. The second kappa shape index (κ2) is 3.59. The monoisotopic (exact) mass is 244 g/mol. The van der Waals surface area contributed by atoms with Gasteiger partial charge >= 0.3 is 0 Å². The molecular weight excluding hydrogens is 240 g/mol. The molecule has 0 bridgehead atoms. The summed E-state index contributed by atoms with van der Waals surface area (Å²) in [5.41, 5.74) is 0. The smallest absolute Gasteiger partial charge is 0.259 e. The van der Waals surface area contributed by atoms with E-state index in [0.29, 0.717) is 5.82 Å². The Morgan fingerprint density at radius 2 is 2.07 bits per heavy atom. The zero-order valence-electron chi connectivity index (χ0n) is 7.28. The van der Waals surface area contributed by atoms with Crippen LogP contribution in [0, 0.1) is 0 Å². The molecule has 8 heteroatoms. The highest BCUT2D eigenvalue weighted by molar-refractivity contribution is 8.13. The van der Waals surface area contributed by atoms with Crippen LogP contribution in [0.5, 0.6) is 0 Å². The molecule has 2 aromatic rings. The lowest BCUT2D eigenvalue weighted by Crippen LogP contribution is -1.97. The Balaban J connectivity index is 2.46. The minimum absolute atomic E-state index is 0.0742. The van der Waals surface area contributed by atoms with Crippen LogP contribution in [0.4, 0.5) is 0 Å². The molecule has 0 aliphatic heterocycles. The number of nitrogens with zero attached hydrogens (tertiary/aromatic N) is 4. The van der Waals surface area contributed by atoms with Crippen molar-refractivity contribution in [1.82, 2.24) is 19.7 Å². The fraction of sp³-hybridized carbons (Fsp3) is 0. The van der Waals surface area contributed by atoms with Crippen LogP contribution in [0.2, 0.25) is 0 Å². The van der Waals surface area contributed by atoms with E-state index in [1.807, 2.05) is 0 Å². The van der Waals surface area contributed by atoms with Crippen molar-refractivity contribution in [3.8, 4) is 5.82 Å². The van der Waals surface area contributed by atoms with Gasteiger partial charge in [0.1, 0.15) is 4.90 Å². The largest absolute Gasteiger partial charge is 0.264 e. The Morgan fingerprint density at radius 1 is 1.27 bits per heavy atom. The second-order valence-electron chi connectivity index (χ2n) is 2.62. The molecule has 2 rings (SSSR count). The third-order valence-electron chi connectivity index (χ3n) is 1.62. The van der Waals surface area contributed by atoms with Crippen LogP contribution < -0.4 is 0 Å². The number of halogens is 1. The molecule has 0 fully saturated rings. The first-order valence-corrected chi connectivity index (χ1v) is 6.14. The van der Waals surface area contributed by atoms with E-state index in [4.69, 9.17) is 10.7 Å². The molecule has 0 saturated heterocycles. The molecule has 0 radical (unpaired) electrons. The van der Waals surface area contributed by atoms with Crippen LogP contribution in [-0.2, 0) is 9.05 Å². The zero-order valence-corrected chi connectivity index (χ0v) is 8.85. The van der Waals surface area contributed by atoms with Crippen molar-refractivity contribution in [2.24, 2.45) is 0 Å². The van der Waals surface area contributed by atoms with Crippen molar-refractivity contribution in [2.75, 3.05) is 0 Å². The molecule has 2 heterocycles. The molecule has 0 unspecified atom stereocenters. The SMILES string of the molecule is O=S(=O)(Cl)c1cnn(-c2cnccn2)c1. The van der Waals surface area contributed by atoms with Gasteiger partial charge in [-0.3, -0.25) is 4.98 Å². The number of hydrogen-bond acceptors (Lipinski definition) is 5. The Hall–Kier alpha value is -1.47. The van der Waals surface area contributed by atoms with Crippen LogP contribution in [0.25, 0.3) is 5.82 Å². The molecule has 2 aromatic heterocycles. The van der Waals surface area contributed by atoms with Crippen LogP contribution in [0.1, 0.15) is 0 Å². The molecule has 0 amide bonds. The summed E-state index contributed by atoms with van der Waals surface area (Å²) < 4.78 is 23.2. The van der Waals surface area contributed by atoms with Crippen molar-refractivity contribution in [3.05, 3.63) is 31.0 Å². The number of aromatic nitrogens is 4. The van der Waals surface area contributed by atoms with E-state index in [1.165, 1.54) is 29.5 Å². The van der Waals surface area contributed by atoms with E-state index in [9.17, 15) is 8.42 Å². The molecule has 0 N–H and O–H groups in total. The van der Waals surface area contributed by atoms with Crippen LogP contribution in [-0.4, -0.2) is 28.2 Å². The van der Waals surface area contributed by atoms with E-state index in [0.717, 1.165) is 6.20 Å². The fourth-order valence-corrected chi connectivity index (χ4v) is 1.60. The van der Waals surface area contributed by atoms with E-state index in [-0.39, 0.29) is 4.90 Å². The predicted molar refractivity (Wildman–Crippen MR) is 52.2 cm³/mol.